The zero-order valence-electron chi connectivity index (χ0n) is 36.2. The molecule has 6 rings (SSSR count). The van der Waals surface area contributed by atoms with Gasteiger partial charge in [0.05, 0.1) is 54.1 Å². The number of hydrogen-bond acceptors (Lipinski definition) is 16. The Morgan fingerprint density at radius 2 is 1.25 bits per heavy atom. The van der Waals surface area contributed by atoms with E-state index in [1.807, 2.05) is 37.3 Å². The van der Waals surface area contributed by atoms with Crippen molar-refractivity contribution >= 4 is 72.1 Å². The van der Waals surface area contributed by atoms with E-state index in [1.54, 1.807) is 42.5 Å². The minimum absolute atomic E-state index is 0.0302. The molecule has 67 heavy (non-hydrogen) atoms. The van der Waals surface area contributed by atoms with E-state index in [2.05, 4.69) is 25.8 Å². The van der Waals surface area contributed by atoms with Crippen LogP contribution in [0.15, 0.2) is 122 Å². The summed E-state index contributed by atoms with van der Waals surface area (Å²) in [7, 11) is -7.70. The van der Waals surface area contributed by atoms with E-state index >= 15 is 0 Å². The van der Waals surface area contributed by atoms with Gasteiger partial charge in [-0.1, -0.05) is 72.6 Å². The molecule has 0 aliphatic carbocycles. The molecule has 0 saturated carbocycles. The molecular formula is C45H46Cl2N8O10S2. The van der Waals surface area contributed by atoms with Gasteiger partial charge in [-0.3, -0.25) is 9.11 Å². The Morgan fingerprint density at radius 3 is 1.81 bits per heavy atom. The fourth-order valence-corrected chi connectivity index (χ4v) is 7.94. The number of halogens is 2. The summed E-state index contributed by atoms with van der Waals surface area (Å²) >= 11 is 13.6. The van der Waals surface area contributed by atoms with Gasteiger partial charge in [-0.15, -0.1) is 10.2 Å². The van der Waals surface area contributed by atoms with Crippen molar-refractivity contribution in [2.24, 2.45) is 20.5 Å². The van der Waals surface area contributed by atoms with E-state index < -0.39 is 30.9 Å². The van der Waals surface area contributed by atoms with Gasteiger partial charge in [0, 0.05) is 42.6 Å². The number of aliphatic hydroxyl groups is 1. The fraction of sp³-hybridized carbons (Fsp3) is 0.267. The number of ether oxygens (including phenoxy) is 3. The van der Waals surface area contributed by atoms with Gasteiger partial charge < -0.3 is 24.6 Å². The van der Waals surface area contributed by atoms with Crippen LogP contribution in [0.2, 0.25) is 10.0 Å². The highest BCUT2D eigenvalue weighted by Crippen LogP contribution is 2.38. The first-order valence-corrected chi connectivity index (χ1v) is 24.5. The summed E-state index contributed by atoms with van der Waals surface area (Å²) in [4.78, 5) is 13.8. The molecular weight excluding hydrogens is 948 g/mol. The van der Waals surface area contributed by atoms with E-state index in [9.17, 15) is 31.0 Å². The summed E-state index contributed by atoms with van der Waals surface area (Å²) in [5, 5.41) is 30.1. The molecule has 1 aromatic heterocycles. The van der Waals surface area contributed by atoms with Crippen LogP contribution in [-0.2, 0) is 46.1 Å². The Kier molecular flexibility index (Phi) is 17.7. The monoisotopic (exact) mass is 992 g/mol. The van der Waals surface area contributed by atoms with Crippen molar-refractivity contribution in [2.75, 3.05) is 37.9 Å². The number of methoxy groups -OCH3 is 1. The fourth-order valence-electron chi connectivity index (χ4n) is 6.33. The topological polar surface area (TPSA) is 257 Å². The predicted molar refractivity (Wildman–Crippen MR) is 253 cm³/mol. The lowest BCUT2D eigenvalue weighted by atomic mass is 10.1. The average Bonchev–Trinajstić information content (AvgIpc) is 3.29. The second-order valence-electron chi connectivity index (χ2n) is 14.7. The second-order valence-corrected chi connectivity index (χ2v) is 18.5. The largest absolute Gasteiger partial charge is 0.495 e. The van der Waals surface area contributed by atoms with Gasteiger partial charge >= 0.3 is 0 Å². The molecule has 0 bridgehead atoms. The maximum atomic E-state index is 12.0. The van der Waals surface area contributed by atoms with E-state index in [1.165, 1.54) is 25.3 Å². The molecule has 6 aromatic rings. The van der Waals surface area contributed by atoms with Crippen molar-refractivity contribution in [1.29, 1.82) is 0 Å². The van der Waals surface area contributed by atoms with Gasteiger partial charge in [0.2, 0.25) is 5.95 Å². The molecule has 0 aliphatic rings. The summed E-state index contributed by atoms with van der Waals surface area (Å²) in [6.45, 7) is 2.64. The lowest BCUT2D eigenvalue weighted by Gasteiger charge is -2.15. The zero-order valence-corrected chi connectivity index (χ0v) is 39.4. The van der Waals surface area contributed by atoms with Crippen molar-refractivity contribution in [3.8, 4) is 17.2 Å². The van der Waals surface area contributed by atoms with Crippen molar-refractivity contribution in [1.82, 2.24) is 15.0 Å². The molecule has 4 N–H and O–H groups in total. The number of benzene rings is 5. The smallest absolute Gasteiger partial charge is 0.298 e. The third-order valence-electron chi connectivity index (χ3n) is 9.58. The Bertz CT molecular complexity index is 2950. The van der Waals surface area contributed by atoms with Crippen LogP contribution in [0.5, 0.6) is 17.2 Å². The van der Waals surface area contributed by atoms with Gasteiger partial charge in [0.25, 0.3) is 20.2 Å². The van der Waals surface area contributed by atoms with E-state index in [0.29, 0.717) is 64.5 Å². The number of aromatic nitrogens is 3. The third-order valence-corrected chi connectivity index (χ3v) is 11.9. The van der Waals surface area contributed by atoms with Crippen LogP contribution in [0, 0.1) is 0 Å². The minimum Gasteiger partial charge on any atom is -0.495 e. The number of azo groups is 2. The standard InChI is InChI=1S/C45H46Cl2N8O10S2/c1-3-18-64-40-26-37(54-52-33-12-10-30(28-56)11-13-33)35(46)21-31(40)23-43-49-44(51-45(50-43)48-17-16-29-8-5-4-6-9-29)24-32-22-36(47)38(27-41(32)65-19-7-20-66(57,58)59)55-53-34-14-15-39(63-2)42(25-34)67(60,61)62/h4-6,8-15,21-22,25-27,56H,3,7,16-20,23-24,28H2,1-2H3,(H,57,58,59)(H,60,61,62)(H,48,49,50,51). The highest BCUT2D eigenvalue weighted by molar-refractivity contribution is 7.86. The van der Waals surface area contributed by atoms with Crippen LogP contribution in [0.4, 0.5) is 28.7 Å². The quantitative estimate of drug-likeness (QED) is 0.0265. The molecule has 5 aromatic carbocycles. The number of rotatable bonds is 23. The van der Waals surface area contributed by atoms with Crippen LogP contribution in [0.25, 0.3) is 0 Å². The average molecular weight is 994 g/mol. The molecule has 22 heteroatoms. The third kappa shape index (κ3) is 15.2. The van der Waals surface area contributed by atoms with E-state index in [0.717, 1.165) is 23.6 Å². The van der Waals surface area contributed by atoms with Crippen LogP contribution in [0.3, 0.4) is 0 Å². The van der Waals surface area contributed by atoms with Crippen LogP contribution in [0.1, 0.15) is 53.7 Å². The Labute approximate surface area is 397 Å². The Balaban J connectivity index is 1.35. The first-order chi connectivity index (χ1) is 32.1. The van der Waals surface area contributed by atoms with E-state index in [-0.39, 0.29) is 66.3 Å². The molecule has 0 unspecified atom stereocenters. The number of hydrogen-bond donors (Lipinski definition) is 4. The highest BCUT2D eigenvalue weighted by Gasteiger charge is 2.20. The summed E-state index contributed by atoms with van der Waals surface area (Å²) in [6, 6.07) is 27.1. The Hall–Kier alpha value is -6.13. The molecule has 0 aliphatic heterocycles. The van der Waals surface area contributed by atoms with Gasteiger partial charge in [0.1, 0.15) is 45.2 Å². The minimum atomic E-state index is -4.67. The lowest BCUT2D eigenvalue weighted by Crippen LogP contribution is -2.14. The van der Waals surface area contributed by atoms with E-state index in [4.69, 9.17) is 52.4 Å². The van der Waals surface area contributed by atoms with Gasteiger partial charge in [0.15, 0.2) is 0 Å². The number of nitrogens with zero attached hydrogens (tertiary/aromatic N) is 7. The number of nitrogens with one attached hydrogen (secondary N) is 1. The van der Waals surface area contributed by atoms with Gasteiger partial charge in [-0.2, -0.15) is 37.0 Å². The molecule has 0 radical (unpaired) electrons. The highest BCUT2D eigenvalue weighted by atomic mass is 35.5. The summed E-state index contributed by atoms with van der Waals surface area (Å²) in [5.74, 6) is 0.994. The molecule has 0 fully saturated rings. The molecule has 0 atom stereocenters. The first kappa shape index (κ1) is 50.3. The summed E-state index contributed by atoms with van der Waals surface area (Å²) < 4.78 is 83.3. The SMILES string of the molecule is CCCOc1cc(N=Nc2ccc(CO)cc2)c(Cl)cc1Cc1nc(Cc2cc(Cl)c(N=Nc3ccc(OC)c(S(=O)(=O)O)c3)cc2OCCCS(=O)(=O)O)nc(NCCc2ccccc2)n1. The molecule has 1 heterocycles. The Morgan fingerprint density at radius 1 is 0.672 bits per heavy atom. The van der Waals surface area contributed by atoms with Crippen molar-refractivity contribution < 1.29 is 45.3 Å². The maximum absolute atomic E-state index is 12.0. The molecule has 0 spiro atoms. The van der Waals surface area contributed by atoms with Gasteiger partial charge in [-0.05, 0) is 72.9 Å². The maximum Gasteiger partial charge on any atom is 0.298 e. The summed E-state index contributed by atoms with van der Waals surface area (Å²) in [6.07, 6.45) is 1.52. The summed E-state index contributed by atoms with van der Waals surface area (Å²) in [5.41, 5.74) is 4.05. The normalized spacial score (nSPS) is 11.9. The first-order valence-electron chi connectivity index (χ1n) is 20.7. The van der Waals surface area contributed by atoms with Gasteiger partial charge in [-0.25, -0.2) is 4.98 Å². The predicted octanol–water partition coefficient (Wildman–Crippen LogP) is 10.0. The van der Waals surface area contributed by atoms with Crippen LogP contribution >= 0.6 is 23.2 Å². The van der Waals surface area contributed by atoms with Crippen LogP contribution in [-0.4, -0.2) is 78.6 Å². The number of anilines is 1. The molecule has 18 nitrogen and oxygen atoms in total. The van der Waals surface area contributed by atoms with Crippen molar-refractivity contribution in [3.63, 3.8) is 0 Å². The second kappa shape index (κ2) is 23.5. The zero-order chi connectivity index (χ0) is 48.0. The van der Waals surface area contributed by atoms with Crippen molar-refractivity contribution in [3.05, 3.63) is 141 Å². The lowest BCUT2D eigenvalue weighted by molar-refractivity contribution is 0.282. The molecule has 0 saturated heterocycles. The molecule has 352 valence electrons. The van der Waals surface area contributed by atoms with Crippen LogP contribution < -0.4 is 19.5 Å². The number of aliphatic hydroxyl groups excluding tert-OH is 1. The molecule has 0 amide bonds. The van der Waals surface area contributed by atoms with Crippen molar-refractivity contribution in [2.45, 2.75) is 50.5 Å².